The number of nitrogens with one attached hydrogen (secondary N) is 1. The first-order chi connectivity index (χ1) is 14.5. The average Bonchev–Trinajstić information content (AvgIpc) is 2.69. The highest BCUT2D eigenvalue weighted by Crippen LogP contribution is 2.39. The Labute approximate surface area is 192 Å². The van der Waals surface area contributed by atoms with Gasteiger partial charge in [-0.1, -0.05) is 61.6 Å². The molecular formula is C26H39NO5. The number of ketones is 1. The molecule has 1 aromatic carbocycles. The van der Waals surface area contributed by atoms with Gasteiger partial charge in [-0.2, -0.15) is 0 Å². The normalized spacial score (nSPS) is 12.0. The highest BCUT2D eigenvalue weighted by atomic mass is 16.5. The number of hydrogen-bond acceptors (Lipinski definition) is 5. The van der Waals surface area contributed by atoms with Crippen molar-refractivity contribution in [3.8, 4) is 5.75 Å². The highest BCUT2D eigenvalue weighted by Gasteiger charge is 2.26. The van der Waals surface area contributed by atoms with Gasteiger partial charge < -0.3 is 15.2 Å². The van der Waals surface area contributed by atoms with Gasteiger partial charge in [0.25, 0.3) is 0 Å². The molecule has 1 amide bonds. The Kier molecular flexibility index (Phi) is 11.1. The van der Waals surface area contributed by atoms with E-state index in [0.29, 0.717) is 12.3 Å². The Bertz CT molecular complexity index is 806. The van der Waals surface area contributed by atoms with E-state index in [2.05, 4.69) is 18.5 Å². The Morgan fingerprint density at radius 1 is 1.03 bits per heavy atom. The zero-order valence-corrected chi connectivity index (χ0v) is 20.8. The summed E-state index contributed by atoms with van der Waals surface area (Å²) < 4.78 is 4.92. The van der Waals surface area contributed by atoms with Gasteiger partial charge in [0, 0.05) is 12.6 Å². The van der Waals surface area contributed by atoms with Gasteiger partial charge in [-0.15, -0.1) is 0 Å². The molecule has 1 atom stereocenters. The van der Waals surface area contributed by atoms with Gasteiger partial charge in [0.15, 0.2) is 5.78 Å². The Morgan fingerprint density at radius 2 is 1.47 bits per heavy atom. The second kappa shape index (κ2) is 12.2. The van der Waals surface area contributed by atoms with E-state index in [1.165, 1.54) is 13.0 Å². The van der Waals surface area contributed by atoms with Crippen molar-refractivity contribution in [1.29, 1.82) is 0 Å². The van der Waals surface area contributed by atoms with Crippen molar-refractivity contribution in [1.82, 2.24) is 5.32 Å². The molecule has 6 heteroatoms. The minimum atomic E-state index is -0.544. The van der Waals surface area contributed by atoms with Crippen molar-refractivity contribution in [2.24, 2.45) is 5.92 Å². The Hall–Kier alpha value is -2.89. The number of rotatable bonds is 7. The van der Waals surface area contributed by atoms with Gasteiger partial charge in [-0.05, 0) is 52.7 Å². The molecule has 0 saturated heterocycles. The van der Waals surface area contributed by atoms with E-state index in [1.807, 2.05) is 53.7 Å². The minimum absolute atomic E-state index is 0.00669. The summed E-state index contributed by atoms with van der Waals surface area (Å²) >= 11 is 0. The maximum Gasteiger partial charge on any atom is 0.330 e. The lowest BCUT2D eigenvalue weighted by atomic mass is 9.78. The topological polar surface area (TPSA) is 92.7 Å². The lowest BCUT2D eigenvalue weighted by Gasteiger charge is -2.28. The molecule has 0 saturated carbocycles. The van der Waals surface area contributed by atoms with Crippen molar-refractivity contribution in [2.45, 2.75) is 72.8 Å². The van der Waals surface area contributed by atoms with Crippen LogP contribution < -0.4 is 5.32 Å². The van der Waals surface area contributed by atoms with Crippen LogP contribution in [0.25, 0.3) is 0 Å². The molecule has 1 aromatic rings. The van der Waals surface area contributed by atoms with E-state index in [-0.39, 0.29) is 29.1 Å². The van der Waals surface area contributed by atoms with Gasteiger partial charge in [-0.25, -0.2) is 4.79 Å². The smallest absolute Gasteiger partial charge is 0.330 e. The third kappa shape index (κ3) is 9.94. The second-order valence-electron chi connectivity index (χ2n) is 9.81. The summed E-state index contributed by atoms with van der Waals surface area (Å²) in [6.45, 7) is 22.3. The van der Waals surface area contributed by atoms with Crippen molar-refractivity contribution in [3.05, 3.63) is 54.1 Å². The molecular weight excluding hydrogens is 406 g/mol. The molecule has 0 spiro atoms. The number of amides is 1. The highest BCUT2D eigenvalue weighted by molar-refractivity contribution is 5.86. The number of phenols is 1. The average molecular weight is 446 g/mol. The van der Waals surface area contributed by atoms with Gasteiger partial charge in [-0.3, -0.25) is 9.59 Å². The van der Waals surface area contributed by atoms with Gasteiger partial charge >= 0.3 is 5.97 Å². The minimum Gasteiger partial charge on any atom is -0.507 e. The van der Waals surface area contributed by atoms with E-state index in [9.17, 15) is 19.5 Å². The molecule has 0 aliphatic heterocycles. The summed E-state index contributed by atoms with van der Waals surface area (Å²) in [6, 6.07) is 3.88. The van der Waals surface area contributed by atoms with Crippen LogP contribution in [0.5, 0.6) is 5.75 Å². The standard InChI is InChI=1S/C22H33NO4.C4H6O/c1-9-18(24)27-13-14(2)20(26)23-12-15-10-16(21(3,4)5)19(25)17(11-15)22(6,7)8;1-3-4(2)5/h9-11,14,25H,1,12-13H2,2-8H3,(H,23,26);3H,1H2,2H3. The van der Waals surface area contributed by atoms with Crippen LogP contribution in [-0.2, 0) is 36.5 Å². The predicted molar refractivity (Wildman–Crippen MR) is 129 cm³/mol. The van der Waals surface area contributed by atoms with E-state index < -0.39 is 11.9 Å². The lowest BCUT2D eigenvalue weighted by Crippen LogP contribution is -2.32. The number of esters is 1. The van der Waals surface area contributed by atoms with E-state index >= 15 is 0 Å². The van der Waals surface area contributed by atoms with Gasteiger partial charge in [0.1, 0.15) is 12.4 Å². The molecule has 32 heavy (non-hydrogen) atoms. The van der Waals surface area contributed by atoms with Crippen LogP contribution >= 0.6 is 0 Å². The van der Waals surface area contributed by atoms with Crippen molar-refractivity contribution >= 4 is 17.7 Å². The number of hydrogen-bond donors (Lipinski definition) is 2. The van der Waals surface area contributed by atoms with Crippen LogP contribution in [0.1, 0.15) is 72.1 Å². The molecule has 1 unspecified atom stereocenters. The number of carbonyl (C=O) groups excluding carboxylic acids is 3. The summed E-state index contributed by atoms with van der Waals surface area (Å²) in [5.74, 6) is -0.873. The zero-order chi connectivity index (χ0) is 25.3. The predicted octanol–water partition coefficient (Wildman–Crippen LogP) is 4.73. The summed E-state index contributed by atoms with van der Waals surface area (Å²) in [5, 5.41) is 13.6. The summed E-state index contributed by atoms with van der Waals surface area (Å²) in [4.78, 5) is 33.1. The molecule has 0 aliphatic rings. The third-order valence-electron chi connectivity index (χ3n) is 4.63. The van der Waals surface area contributed by atoms with Crippen LogP contribution in [-0.4, -0.2) is 29.4 Å². The molecule has 0 heterocycles. The fourth-order valence-electron chi connectivity index (χ4n) is 2.64. The first-order valence-electron chi connectivity index (χ1n) is 10.6. The second-order valence-corrected chi connectivity index (χ2v) is 9.81. The fraction of sp³-hybridized carbons (Fsp3) is 0.500. The molecule has 0 aliphatic carbocycles. The van der Waals surface area contributed by atoms with Gasteiger partial charge in [0.05, 0.1) is 5.92 Å². The van der Waals surface area contributed by atoms with Crippen LogP contribution in [0.2, 0.25) is 0 Å². The molecule has 0 aromatic heterocycles. The monoisotopic (exact) mass is 445 g/mol. The molecule has 0 bridgehead atoms. The summed E-state index contributed by atoms with van der Waals surface area (Å²) in [6.07, 6.45) is 2.35. The van der Waals surface area contributed by atoms with Crippen molar-refractivity contribution in [2.75, 3.05) is 6.61 Å². The number of phenolic OH excluding ortho intramolecular Hbond substituents is 1. The fourth-order valence-corrected chi connectivity index (χ4v) is 2.64. The molecule has 0 radical (unpaired) electrons. The first-order valence-corrected chi connectivity index (χ1v) is 10.6. The van der Waals surface area contributed by atoms with Crippen LogP contribution in [0.15, 0.2) is 37.4 Å². The number of benzene rings is 1. The molecule has 6 nitrogen and oxygen atoms in total. The third-order valence-corrected chi connectivity index (χ3v) is 4.63. The summed E-state index contributed by atoms with van der Waals surface area (Å²) in [5.41, 5.74) is 2.18. The maximum absolute atomic E-state index is 12.3. The van der Waals surface area contributed by atoms with Crippen molar-refractivity contribution < 1.29 is 24.2 Å². The van der Waals surface area contributed by atoms with E-state index in [0.717, 1.165) is 22.8 Å². The molecule has 1 rings (SSSR count). The molecule has 2 N–H and O–H groups in total. The quantitative estimate of drug-likeness (QED) is 0.467. The van der Waals surface area contributed by atoms with Crippen molar-refractivity contribution in [3.63, 3.8) is 0 Å². The molecule has 0 fully saturated rings. The number of aromatic hydroxyl groups is 1. The van der Waals surface area contributed by atoms with E-state index in [4.69, 9.17) is 4.74 Å². The number of allylic oxidation sites excluding steroid dienone is 1. The molecule has 178 valence electrons. The van der Waals surface area contributed by atoms with Gasteiger partial charge in [0.2, 0.25) is 5.91 Å². The largest absolute Gasteiger partial charge is 0.507 e. The van der Waals surface area contributed by atoms with Crippen LogP contribution in [0, 0.1) is 5.92 Å². The number of carbonyl (C=O) groups is 3. The maximum atomic E-state index is 12.3. The first kappa shape index (κ1) is 29.1. The SMILES string of the molecule is C=CC(=O)OCC(C)C(=O)NCc1cc(C(C)(C)C)c(O)c(C(C)(C)C)c1.C=CC(C)=O. The number of ether oxygens (including phenoxy) is 1. The zero-order valence-electron chi connectivity index (χ0n) is 20.8. The lowest BCUT2D eigenvalue weighted by molar-refractivity contribution is -0.140. The Balaban J connectivity index is 0.00000172. The van der Waals surface area contributed by atoms with Crippen LogP contribution in [0.4, 0.5) is 0 Å². The van der Waals surface area contributed by atoms with E-state index in [1.54, 1.807) is 6.92 Å². The van der Waals surface area contributed by atoms with Crippen LogP contribution in [0.3, 0.4) is 0 Å². The summed E-state index contributed by atoms with van der Waals surface area (Å²) in [7, 11) is 0. The Morgan fingerprint density at radius 3 is 1.81 bits per heavy atom.